The summed E-state index contributed by atoms with van der Waals surface area (Å²) in [5.41, 5.74) is -0.522. The van der Waals surface area contributed by atoms with Crippen molar-refractivity contribution in [2.24, 2.45) is 11.8 Å². The molecule has 1 saturated heterocycles. The van der Waals surface area contributed by atoms with Crippen molar-refractivity contribution in [1.29, 1.82) is 0 Å². The zero-order valence-electron chi connectivity index (χ0n) is 14.5. The molecule has 2 rings (SSSR count). The summed E-state index contributed by atoms with van der Waals surface area (Å²) in [5.74, 6) is 0.679. The molecule has 0 spiro atoms. The Morgan fingerprint density at radius 3 is 2.35 bits per heavy atom. The molecule has 23 heavy (non-hydrogen) atoms. The molecular weight excluding hydrogens is 296 g/mol. The first-order valence-electron chi connectivity index (χ1n) is 8.73. The molecule has 2 aliphatic rings. The Balaban J connectivity index is 2.02. The van der Waals surface area contributed by atoms with E-state index in [0.717, 1.165) is 12.8 Å². The first-order valence-corrected chi connectivity index (χ1v) is 8.73. The van der Waals surface area contributed by atoms with Crippen molar-refractivity contribution in [3.05, 3.63) is 0 Å². The highest BCUT2D eigenvalue weighted by atomic mass is 16.6. The Kier molecular flexibility index (Phi) is 5.76. The number of hydrogen-bond acceptors (Lipinski definition) is 3. The third-order valence-electron chi connectivity index (χ3n) is 4.89. The molecule has 2 fully saturated rings. The van der Waals surface area contributed by atoms with Crippen molar-refractivity contribution >= 4 is 12.2 Å². The van der Waals surface area contributed by atoms with Gasteiger partial charge in [0, 0.05) is 19.1 Å². The molecule has 1 heterocycles. The summed E-state index contributed by atoms with van der Waals surface area (Å²) in [6.45, 7) is 6.52. The van der Waals surface area contributed by atoms with Crippen molar-refractivity contribution in [3.63, 3.8) is 0 Å². The maximum Gasteiger partial charge on any atom is 0.407 e. The molecule has 1 saturated carbocycles. The lowest BCUT2D eigenvalue weighted by Crippen LogP contribution is -2.55. The minimum atomic E-state index is -0.860. The van der Waals surface area contributed by atoms with Crippen LogP contribution in [0.25, 0.3) is 0 Å². The Labute approximate surface area is 138 Å². The highest BCUT2D eigenvalue weighted by molar-refractivity contribution is 5.68. The standard InChI is InChI=1S/C17H30N2O4/c1-17(2,3)23-15(20)18-14-9-10-19(16(21)22)11-13(14)12-7-5-4-6-8-12/h12-14H,4-11H2,1-3H3,(H,18,20)(H,21,22). The fourth-order valence-corrected chi connectivity index (χ4v) is 3.83. The number of alkyl carbamates (subject to hydrolysis) is 1. The Hall–Kier alpha value is -1.46. The minimum Gasteiger partial charge on any atom is -0.465 e. The Morgan fingerprint density at radius 1 is 1.13 bits per heavy atom. The summed E-state index contributed by atoms with van der Waals surface area (Å²) in [6.07, 6.45) is 5.33. The van der Waals surface area contributed by atoms with Crippen LogP contribution < -0.4 is 5.32 Å². The number of piperidine rings is 1. The average Bonchev–Trinajstić information content (AvgIpc) is 2.46. The van der Waals surface area contributed by atoms with Gasteiger partial charge in [0.1, 0.15) is 5.60 Å². The summed E-state index contributed by atoms with van der Waals surface area (Å²) >= 11 is 0. The molecule has 2 N–H and O–H groups in total. The fraction of sp³-hybridized carbons (Fsp3) is 0.882. The highest BCUT2D eigenvalue weighted by Crippen LogP contribution is 2.35. The van der Waals surface area contributed by atoms with E-state index in [4.69, 9.17) is 4.74 Å². The van der Waals surface area contributed by atoms with Crippen molar-refractivity contribution in [1.82, 2.24) is 10.2 Å². The van der Waals surface area contributed by atoms with Gasteiger partial charge in [0.2, 0.25) is 0 Å². The van der Waals surface area contributed by atoms with E-state index in [0.29, 0.717) is 25.4 Å². The molecule has 2 unspecified atom stereocenters. The van der Waals surface area contributed by atoms with E-state index in [2.05, 4.69) is 5.32 Å². The molecule has 0 aromatic heterocycles. The van der Waals surface area contributed by atoms with Crippen LogP contribution in [0.2, 0.25) is 0 Å². The molecule has 0 aromatic rings. The second-order valence-corrected chi connectivity index (χ2v) is 7.83. The van der Waals surface area contributed by atoms with Crippen LogP contribution >= 0.6 is 0 Å². The number of nitrogens with one attached hydrogen (secondary N) is 1. The Bertz CT molecular complexity index is 427. The van der Waals surface area contributed by atoms with Gasteiger partial charge in [-0.2, -0.15) is 0 Å². The molecule has 2 atom stereocenters. The molecule has 0 aromatic carbocycles. The molecule has 0 radical (unpaired) electrons. The normalized spacial score (nSPS) is 26.7. The van der Waals surface area contributed by atoms with Crippen LogP contribution in [0.1, 0.15) is 59.3 Å². The molecule has 0 bridgehead atoms. The second kappa shape index (κ2) is 7.41. The molecule has 6 heteroatoms. The van der Waals surface area contributed by atoms with Crippen LogP contribution in [0.5, 0.6) is 0 Å². The van der Waals surface area contributed by atoms with Crippen molar-refractivity contribution in [2.45, 2.75) is 70.9 Å². The van der Waals surface area contributed by atoms with E-state index in [-0.39, 0.29) is 12.0 Å². The van der Waals surface area contributed by atoms with Gasteiger partial charge in [0.05, 0.1) is 0 Å². The van der Waals surface area contributed by atoms with Crippen LogP contribution in [0, 0.1) is 11.8 Å². The predicted octanol–water partition coefficient (Wildman–Crippen LogP) is 3.46. The largest absolute Gasteiger partial charge is 0.465 e. The van der Waals surface area contributed by atoms with Crippen LogP contribution in [0.3, 0.4) is 0 Å². The predicted molar refractivity (Wildman–Crippen MR) is 87.4 cm³/mol. The maximum absolute atomic E-state index is 12.1. The van der Waals surface area contributed by atoms with Gasteiger partial charge in [-0.3, -0.25) is 0 Å². The number of hydrogen-bond donors (Lipinski definition) is 2. The number of rotatable bonds is 2. The van der Waals surface area contributed by atoms with Gasteiger partial charge in [-0.25, -0.2) is 9.59 Å². The van der Waals surface area contributed by atoms with E-state index in [1.54, 1.807) is 0 Å². The molecule has 1 aliphatic carbocycles. The zero-order valence-corrected chi connectivity index (χ0v) is 14.5. The summed E-state index contributed by atoms with van der Waals surface area (Å²) < 4.78 is 5.37. The van der Waals surface area contributed by atoms with Gasteiger partial charge in [-0.05, 0) is 39.0 Å². The van der Waals surface area contributed by atoms with Crippen LogP contribution in [-0.2, 0) is 4.74 Å². The van der Waals surface area contributed by atoms with E-state index in [9.17, 15) is 14.7 Å². The van der Waals surface area contributed by atoms with Gasteiger partial charge >= 0.3 is 12.2 Å². The van der Waals surface area contributed by atoms with Gasteiger partial charge in [-0.15, -0.1) is 0 Å². The topological polar surface area (TPSA) is 78.9 Å². The highest BCUT2D eigenvalue weighted by Gasteiger charge is 2.38. The van der Waals surface area contributed by atoms with Crippen molar-refractivity contribution in [2.75, 3.05) is 13.1 Å². The third-order valence-corrected chi connectivity index (χ3v) is 4.89. The fourth-order valence-electron chi connectivity index (χ4n) is 3.83. The average molecular weight is 326 g/mol. The van der Waals surface area contributed by atoms with E-state index in [1.807, 2.05) is 20.8 Å². The van der Waals surface area contributed by atoms with E-state index < -0.39 is 17.8 Å². The molecule has 1 aliphatic heterocycles. The van der Waals surface area contributed by atoms with Crippen LogP contribution in [0.15, 0.2) is 0 Å². The molecule has 2 amide bonds. The molecule has 6 nitrogen and oxygen atoms in total. The number of carbonyl (C=O) groups is 2. The second-order valence-electron chi connectivity index (χ2n) is 7.83. The number of likely N-dealkylation sites (tertiary alicyclic amines) is 1. The van der Waals surface area contributed by atoms with Gasteiger partial charge < -0.3 is 20.1 Å². The van der Waals surface area contributed by atoms with Gasteiger partial charge in [0.25, 0.3) is 0 Å². The first kappa shape index (κ1) is 17.9. The lowest BCUT2D eigenvalue weighted by molar-refractivity contribution is 0.0367. The van der Waals surface area contributed by atoms with E-state index >= 15 is 0 Å². The maximum atomic E-state index is 12.1. The summed E-state index contributed by atoms with van der Waals surface area (Å²) in [7, 11) is 0. The number of carboxylic acid groups (broad SMARTS) is 1. The molecule has 132 valence electrons. The summed E-state index contributed by atoms with van der Waals surface area (Å²) in [5, 5.41) is 12.3. The van der Waals surface area contributed by atoms with Crippen LogP contribution in [0.4, 0.5) is 9.59 Å². The van der Waals surface area contributed by atoms with Crippen LogP contribution in [-0.4, -0.2) is 46.9 Å². The lowest BCUT2D eigenvalue weighted by atomic mass is 9.74. The monoisotopic (exact) mass is 326 g/mol. The first-order chi connectivity index (χ1) is 10.8. The zero-order chi connectivity index (χ0) is 17.0. The third kappa shape index (κ3) is 5.29. The van der Waals surface area contributed by atoms with Crippen molar-refractivity contribution in [3.8, 4) is 0 Å². The minimum absolute atomic E-state index is 0.00329. The summed E-state index contributed by atoms with van der Waals surface area (Å²) in [4.78, 5) is 24.9. The van der Waals surface area contributed by atoms with Gasteiger partial charge in [0.15, 0.2) is 0 Å². The lowest BCUT2D eigenvalue weighted by Gasteiger charge is -2.42. The quantitative estimate of drug-likeness (QED) is 0.814. The van der Waals surface area contributed by atoms with Gasteiger partial charge in [-0.1, -0.05) is 32.1 Å². The Morgan fingerprint density at radius 2 is 1.78 bits per heavy atom. The number of carbonyl (C=O) groups excluding carboxylic acids is 1. The number of ether oxygens (including phenoxy) is 1. The van der Waals surface area contributed by atoms with E-state index in [1.165, 1.54) is 24.2 Å². The smallest absolute Gasteiger partial charge is 0.407 e. The SMILES string of the molecule is CC(C)(C)OC(=O)NC1CCN(C(=O)O)CC1C1CCCCC1. The summed E-state index contributed by atoms with van der Waals surface area (Å²) in [6, 6.07) is 0.00329. The molecular formula is C17H30N2O4. The number of amides is 2. The number of nitrogens with zero attached hydrogens (tertiary/aromatic N) is 1. The van der Waals surface area contributed by atoms with Crippen molar-refractivity contribution < 1.29 is 19.4 Å².